The number of amides is 1. The maximum absolute atomic E-state index is 12.2. The summed E-state index contributed by atoms with van der Waals surface area (Å²) in [5.74, 6) is 0.130. The van der Waals surface area contributed by atoms with Crippen LogP contribution in [0.2, 0.25) is 5.02 Å². The fourth-order valence-electron chi connectivity index (χ4n) is 1.96. The third-order valence-corrected chi connectivity index (χ3v) is 5.44. The molecule has 0 aromatic heterocycles. The van der Waals surface area contributed by atoms with Crippen LogP contribution in [0, 0.1) is 0 Å². The minimum Gasteiger partial charge on any atom is -0.481 e. The number of sulfonamides is 1. The Morgan fingerprint density at radius 2 is 1.80 bits per heavy atom. The summed E-state index contributed by atoms with van der Waals surface area (Å²) in [6, 6.07) is 12.7. The lowest BCUT2D eigenvalue weighted by Crippen LogP contribution is -2.30. The van der Waals surface area contributed by atoms with Crippen molar-refractivity contribution >= 4 is 33.2 Å². The molecule has 0 unspecified atom stereocenters. The van der Waals surface area contributed by atoms with Gasteiger partial charge in [0.2, 0.25) is 10.0 Å². The number of rotatable bonds is 6. The number of nitrogens with one attached hydrogen (secondary N) is 1. The molecular weight excluding hydrogens is 364 g/mol. The molecule has 6 nitrogen and oxygen atoms in total. The maximum Gasteiger partial charge on any atom is 0.265 e. The van der Waals surface area contributed by atoms with E-state index in [4.69, 9.17) is 16.3 Å². The van der Waals surface area contributed by atoms with E-state index >= 15 is 0 Å². The van der Waals surface area contributed by atoms with Crippen molar-refractivity contribution in [2.24, 2.45) is 0 Å². The Bertz CT molecular complexity index is 851. The van der Waals surface area contributed by atoms with Crippen molar-refractivity contribution in [2.45, 2.75) is 17.9 Å². The van der Waals surface area contributed by atoms with Crippen LogP contribution in [0.4, 0.5) is 5.69 Å². The second kappa shape index (κ2) is 7.86. The fourth-order valence-corrected chi connectivity index (χ4v) is 3.04. The molecule has 8 heteroatoms. The van der Waals surface area contributed by atoms with E-state index in [9.17, 15) is 13.2 Å². The molecule has 0 aliphatic heterocycles. The van der Waals surface area contributed by atoms with E-state index in [2.05, 4.69) is 5.32 Å². The molecule has 0 radical (unpaired) electrons. The molecule has 0 bridgehead atoms. The van der Waals surface area contributed by atoms with E-state index < -0.39 is 16.1 Å². The van der Waals surface area contributed by atoms with Crippen LogP contribution in [0.5, 0.6) is 5.75 Å². The van der Waals surface area contributed by atoms with E-state index in [0.29, 0.717) is 16.5 Å². The number of nitrogens with zero attached hydrogens (tertiary/aromatic N) is 1. The predicted molar refractivity (Wildman–Crippen MR) is 97.5 cm³/mol. The van der Waals surface area contributed by atoms with Gasteiger partial charge in [-0.05, 0) is 49.4 Å². The summed E-state index contributed by atoms with van der Waals surface area (Å²) in [6.45, 7) is 1.61. The van der Waals surface area contributed by atoms with Gasteiger partial charge in [0.15, 0.2) is 6.10 Å². The molecule has 0 aliphatic carbocycles. The quantitative estimate of drug-likeness (QED) is 0.833. The van der Waals surface area contributed by atoms with Crippen LogP contribution >= 0.6 is 11.6 Å². The van der Waals surface area contributed by atoms with Gasteiger partial charge in [-0.25, -0.2) is 12.7 Å². The number of carbonyl (C=O) groups excluding carboxylic acids is 1. The Morgan fingerprint density at radius 3 is 2.36 bits per heavy atom. The molecule has 1 N–H and O–H groups in total. The first-order valence-electron chi connectivity index (χ1n) is 7.46. The summed E-state index contributed by atoms with van der Waals surface area (Å²) in [4.78, 5) is 12.3. The van der Waals surface area contributed by atoms with E-state index in [1.54, 1.807) is 31.2 Å². The summed E-state index contributed by atoms with van der Waals surface area (Å²) < 4.78 is 30.7. The monoisotopic (exact) mass is 382 g/mol. The molecule has 0 spiro atoms. The van der Waals surface area contributed by atoms with E-state index in [-0.39, 0.29) is 10.8 Å². The lowest BCUT2D eigenvalue weighted by atomic mass is 10.3. The topological polar surface area (TPSA) is 75.7 Å². The van der Waals surface area contributed by atoms with Crippen molar-refractivity contribution < 1.29 is 17.9 Å². The van der Waals surface area contributed by atoms with Gasteiger partial charge >= 0.3 is 0 Å². The van der Waals surface area contributed by atoms with Gasteiger partial charge in [-0.2, -0.15) is 0 Å². The van der Waals surface area contributed by atoms with Gasteiger partial charge in [-0.1, -0.05) is 17.7 Å². The van der Waals surface area contributed by atoms with Crippen LogP contribution in [0.1, 0.15) is 6.92 Å². The summed E-state index contributed by atoms with van der Waals surface area (Å²) in [5, 5.41) is 3.20. The number of hydrogen-bond donors (Lipinski definition) is 1. The molecule has 1 atom stereocenters. The molecule has 2 aromatic carbocycles. The third-order valence-electron chi connectivity index (χ3n) is 3.38. The number of ether oxygens (including phenoxy) is 1. The molecule has 0 saturated carbocycles. The molecular formula is C17H19ClN2O4S. The molecule has 134 valence electrons. The highest BCUT2D eigenvalue weighted by atomic mass is 35.5. The molecule has 0 fully saturated rings. The van der Waals surface area contributed by atoms with Gasteiger partial charge in [-0.3, -0.25) is 4.79 Å². The van der Waals surface area contributed by atoms with Crippen molar-refractivity contribution in [3.63, 3.8) is 0 Å². The highest BCUT2D eigenvalue weighted by Crippen LogP contribution is 2.20. The Labute approximate surface area is 152 Å². The second-order valence-electron chi connectivity index (χ2n) is 5.52. The average Bonchev–Trinajstić information content (AvgIpc) is 2.55. The standard InChI is InChI=1S/C17H19ClN2O4S/c1-12(24-15-6-4-5-13(18)11-15)17(21)19-14-7-9-16(10-8-14)25(22,23)20(2)3/h4-12H,1-3H3,(H,19,21)/t12-/m1/s1. The lowest BCUT2D eigenvalue weighted by molar-refractivity contribution is -0.122. The number of benzene rings is 2. The molecule has 2 rings (SSSR count). The normalized spacial score (nSPS) is 12.7. The van der Waals surface area contributed by atoms with Crippen molar-refractivity contribution in [3.05, 3.63) is 53.6 Å². The zero-order valence-corrected chi connectivity index (χ0v) is 15.6. The first-order valence-corrected chi connectivity index (χ1v) is 9.27. The van der Waals surface area contributed by atoms with Crippen molar-refractivity contribution in [1.82, 2.24) is 4.31 Å². The van der Waals surface area contributed by atoms with Crippen molar-refractivity contribution in [2.75, 3.05) is 19.4 Å². The molecule has 2 aromatic rings. The van der Waals surface area contributed by atoms with E-state index in [1.165, 1.54) is 38.4 Å². The van der Waals surface area contributed by atoms with Crippen LogP contribution in [0.3, 0.4) is 0 Å². The van der Waals surface area contributed by atoms with Crippen molar-refractivity contribution in [1.29, 1.82) is 0 Å². The van der Waals surface area contributed by atoms with Gasteiger partial charge < -0.3 is 10.1 Å². The van der Waals surface area contributed by atoms with E-state index in [1.807, 2.05) is 0 Å². The lowest BCUT2D eigenvalue weighted by Gasteiger charge is -2.15. The molecule has 1 amide bonds. The average molecular weight is 383 g/mol. The summed E-state index contributed by atoms with van der Waals surface area (Å²) in [5.41, 5.74) is 0.476. The van der Waals surface area contributed by atoms with Gasteiger partial charge in [0.25, 0.3) is 5.91 Å². The van der Waals surface area contributed by atoms with Crippen LogP contribution in [-0.4, -0.2) is 38.8 Å². The van der Waals surface area contributed by atoms with Gasteiger partial charge in [0, 0.05) is 24.8 Å². The zero-order chi connectivity index (χ0) is 18.6. The molecule has 0 saturated heterocycles. The van der Waals surface area contributed by atoms with Crippen molar-refractivity contribution in [3.8, 4) is 5.75 Å². The Morgan fingerprint density at radius 1 is 1.16 bits per heavy atom. The number of hydrogen-bond acceptors (Lipinski definition) is 4. The summed E-state index contributed by atoms with van der Waals surface area (Å²) in [7, 11) is -0.583. The fraction of sp³-hybridized carbons (Fsp3) is 0.235. The summed E-state index contributed by atoms with van der Waals surface area (Å²) >= 11 is 5.88. The van der Waals surface area contributed by atoms with E-state index in [0.717, 1.165) is 4.31 Å². The Kier molecular flexibility index (Phi) is 6.05. The smallest absolute Gasteiger partial charge is 0.265 e. The van der Waals surface area contributed by atoms with Crippen LogP contribution < -0.4 is 10.1 Å². The minimum atomic E-state index is -3.50. The molecule has 25 heavy (non-hydrogen) atoms. The first kappa shape index (κ1) is 19.2. The van der Waals surface area contributed by atoms with Gasteiger partial charge in [0.05, 0.1) is 4.90 Å². The molecule has 0 aliphatic rings. The Balaban J connectivity index is 2.03. The number of carbonyl (C=O) groups is 1. The highest BCUT2D eigenvalue weighted by Gasteiger charge is 2.18. The predicted octanol–water partition coefficient (Wildman–Crippen LogP) is 3.00. The number of anilines is 1. The van der Waals surface area contributed by atoms with Gasteiger partial charge in [-0.15, -0.1) is 0 Å². The highest BCUT2D eigenvalue weighted by molar-refractivity contribution is 7.89. The number of halogens is 1. The summed E-state index contributed by atoms with van der Waals surface area (Å²) in [6.07, 6.45) is -0.747. The zero-order valence-electron chi connectivity index (χ0n) is 14.1. The maximum atomic E-state index is 12.2. The van der Waals surface area contributed by atoms with Crippen LogP contribution in [0.15, 0.2) is 53.4 Å². The minimum absolute atomic E-state index is 0.152. The van der Waals surface area contributed by atoms with Crippen LogP contribution in [-0.2, 0) is 14.8 Å². The second-order valence-corrected chi connectivity index (χ2v) is 8.11. The van der Waals surface area contributed by atoms with Crippen LogP contribution in [0.25, 0.3) is 0 Å². The molecule has 0 heterocycles. The third kappa shape index (κ3) is 4.94. The Hall–Kier alpha value is -2.09. The SMILES string of the molecule is C[C@@H](Oc1cccc(Cl)c1)C(=O)Nc1ccc(S(=O)(=O)N(C)C)cc1. The van der Waals surface area contributed by atoms with Gasteiger partial charge in [0.1, 0.15) is 5.75 Å². The first-order chi connectivity index (χ1) is 11.7. The largest absolute Gasteiger partial charge is 0.481 e.